The Hall–Kier alpha value is -3.61. The van der Waals surface area contributed by atoms with Gasteiger partial charge in [-0.05, 0) is 47.2 Å². The van der Waals surface area contributed by atoms with Crippen LogP contribution in [0.25, 0.3) is 5.57 Å². The van der Waals surface area contributed by atoms with Gasteiger partial charge in [-0.2, -0.15) is 0 Å². The van der Waals surface area contributed by atoms with E-state index in [4.69, 9.17) is 27.9 Å². The summed E-state index contributed by atoms with van der Waals surface area (Å²) < 4.78 is 4.91. The highest BCUT2D eigenvalue weighted by Crippen LogP contribution is 2.25. The maximum Gasteiger partial charge on any atom is 0.328 e. The standard InChI is InChI=1S/C31H30Cl2N2O4/c1-39-31(38)27(34-30(37)29-25(32)8-5-9-26(29)33)20-22-10-13-23(14-11-22)24-16-18-35(19-17-24)28(36)15-12-21-6-3-2-4-7-21/h2-11,13-14,16,27H,12,15,17-20H2,1H3,(H,34,37)/t27-/m0/s1. The number of carbonyl (C=O) groups is 3. The van der Waals surface area contributed by atoms with Crippen molar-refractivity contribution in [3.05, 3.63) is 111 Å². The number of methoxy groups -OCH3 is 1. The van der Waals surface area contributed by atoms with Gasteiger partial charge in [0.1, 0.15) is 6.04 Å². The third-order valence-electron chi connectivity index (χ3n) is 6.78. The summed E-state index contributed by atoms with van der Waals surface area (Å²) in [6.45, 7) is 1.27. The second kappa shape index (κ2) is 13.5. The van der Waals surface area contributed by atoms with Crippen molar-refractivity contribution in [2.45, 2.75) is 31.7 Å². The number of amides is 2. The smallest absolute Gasteiger partial charge is 0.328 e. The van der Waals surface area contributed by atoms with E-state index in [9.17, 15) is 14.4 Å². The lowest BCUT2D eigenvalue weighted by molar-refractivity contribution is -0.142. The summed E-state index contributed by atoms with van der Waals surface area (Å²) in [7, 11) is 1.28. The number of hydrogen-bond donors (Lipinski definition) is 1. The Kier molecular flexibility index (Phi) is 9.79. The molecule has 0 saturated heterocycles. The number of nitrogens with one attached hydrogen (secondary N) is 1. The van der Waals surface area contributed by atoms with Gasteiger partial charge in [0.25, 0.3) is 5.91 Å². The zero-order valence-corrected chi connectivity index (χ0v) is 23.2. The van der Waals surface area contributed by atoms with Crippen LogP contribution in [0.15, 0.2) is 78.9 Å². The van der Waals surface area contributed by atoms with Gasteiger partial charge in [0.15, 0.2) is 0 Å². The number of ether oxygens (including phenoxy) is 1. The van der Waals surface area contributed by atoms with E-state index in [1.807, 2.05) is 59.5 Å². The normalized spacial score (nSPS) is 13.8. The molecule has 3 aromatic carbocycles. The fraction of sp³-hybridized carbons (Fsp3) is 0.258. The summed E-state index contributed by atoms with van der Waals surface area (Å²) in [4.78, 5) is 39.8. The molecular weight excluding hydrogens is 535 g/mol. The molecule has 0 bridgehead atoms. The second-order valence-electron chi connectivity index (χ2n) is 9.35. The van der Waals surface area contributed by atoms with Gasteiger partial charge in [-0.1, -0.05) is 89.9 Å². The number of rotatable bonds is 9. The van der Waals surface area contributed by atoms with E-state index >= 15 is 0 Å². The first-order chi connectivity index (χ1) is 18.9. The second-order valence-corrected chi connectivity index (χ2v) is 10.2. The molecule has 6 nitrogen and oxygen atoms in total. The van der Waals surface area contributed by atoms with Crippen molar-refractivity contribution in [2.24, 2.45) is 0 Å². The highest BCUT2D eigenvalue weighted by Gasteiger charge is 2.25. The zero-order chi connectivity index (χ0) is 27.8. The van der Waals surface area contributed by atoms with E-state index in [0.29, 0.717) is 19.5 Å². The van der Waals surface area contributed by atoms with Gasteiger partial charge < -0.3 is 15.0 Å². The quantitative estimate of drug-likeness (QED) is 0.335. The number of benzene rings is 3. The fourth-order valence-electron chi connectivity index (χ4n) is 4.58. The van der Waals surface area contributed by atoms with Gasteiger partial charge in [-0.3, -0.25) is 9.59 Å². The number of esters is 1. The molecule has 4 rings (SSSR count). The number of nitrogens with zero attached hydrogens (tertiary/aromatic N) is 1. The number of halogens is 2. The van der Waals surface area contributed by atoms with Crippen LogP contribution in [0.1, 0.15) is 39.9 Å². The molecule has 1 N–H and O–H groups in total. The van der Waals surface area contributed by atoms with Gasteiger partial charge in [-0.15, -0.1) is 0 Å². The van der Waals surface area contributed by atoms with Gasteiger partial charge >= 0.3 is 5.97 Å². The zero-order valence-electron chi connectivity index (χ0n) is 21.7. The molecule has 1 atom stereocenters. The lowest BCUT2D eigenvalue weighted by Gasteiger charge is -2.27. The molecule has 3 aromatic rings. The summed E-state index contributed by atoms with van der Waals surface area (Å²) in [6, 6.07) is 21.7. The Morgan fingerprint density at radius 1 is 0.923 bits per heavy atom. The van der Waals surface area contributed by atoms with Gasteiger partial charge in [-0.25, -0.2) is 4.79 Å². The fourth-order valence-corrected chi connectivity index (χ4v) is 5.15. The van der Waals surface area contributed by atoms with E-state index in [1.165, 1.54) is 18.2 Å². The first kappa shape index (κ1) is 28.4. The van der Waals surface area contributed by atoms with Crippen molar-refractivity contribution < 1.29 is 19.1 Å². The van der Waals surface area contributed by atoms with Crippen LogP contribution in [0, 0.1) is 0 Å². The predicted octanol–water partition coefficient (Wildman–Crippen LogP) is 5.76. The Morgan fingerprint density at radius 3 is 2.23 bits per heavy atom. The van der Waals surface area contributed by atoms with Gasteiger partial charge in [0.2, 0.25) is 5.91 Å². The molecule has 0 aromatic heterocycles. The number of carbonyl (C=O) groups excluding carboxylic acids is 3. The van der Waals surface area contributed by atoms with Crippen LogP contribution in [-0.4, -0.2) is 48.9 Å². The Labute approximate surface area is 238 Å². The van der Waals surface area contributed by atoms with E-state index < -0.39 is 17.9 Å². The minimum atomic E-state index is -0.912. The van der Waals surface area contributed by atoms with E-state index in [-0.39, 0.29) is 27.9 Å². The first-order valence-electron chi connectivity index (χ1n) is 12.8. The highest BCUT2D eigenvalue weighted by atomic mass is 35.5. The summed E-state index contributed by atoms with van der Waals surface area (Å²) in [5.41, 5.74) is 4.38. The number of hydrogen-bond acceptors (Lipinski definition) is 4. The van der Waals surface area contributed by atoms with Crippen LogP contribution in [0.4, 0.5) is 0 Å². The summed E-state index contributed by atoms with van der Waals surface area (Å²) in [5.74, 6) is -0.950. The molecule has 2 amide bonds. The largest absolute Gasteiger partial charge is 0.467 e. The van der Waals surface area contributed by atoms with Crippen molar-refractivity contribution in [1.82, 2.24) is 10.2 Å². The predicted molar refractivity (Wildman–Crippen MR) is 154 cm³/mol. The Bertz CT molecular complexity index is 1340. The monoisotopic (exact) mass is 564 g/mol. The molecule has 0 unspecified atom stereocenters. The average Bonchev–Trinajstić information content (AvgIpc) is 2.96. The summed E-state index contributed by atoms with van der Waals surface area (Å²) >= 11 is 12.3. The topological polar surface area (TPSA) is 75.7 Å². The third kappa shape index (κ3) is 7.49. The molecule has 1 aliphatic rings. The average molecular weight is 565 g/mol. The SMILES string of the molecule is COC(=O)[C@H](Cc1ccc(C2=CCN(C(=O)CCc3ccccc3)CC2)cc1)NC(=O)c1c(Cl)cccc1Cl. The van der Waals surface area contributed by atoms with Crippen molar-refractivity contribution >= 4 is 46.6 Å². The molecule has 1 heterocycles. The van der Waals surface area contributed by atoms with Gasteiger partial charge in [0.05, 0.1) is 22.7 Å². The van der Waals surface area contributed by atoms with Crippen LogP contribution >= 0.6 is 23.2 Å². The van der Waals surface area contributed by atoms with E-state index in [0.717, 1.165) is 24.0 Å². The van der Waals surface area contributed by atoms with Crippen LogP contribution in [0.2, 0.25) is 10.0 Å². The van der Waals surface area contributed by atoms with Crippen molar-refractivity contribution in [3.8, 4) is 0 Å². The molecule has 0 aliphatic carbocycles. The van der Waals surface area contributed by atoms with Crippen LogP contribution in [0.3, 0.4) is 0 Å². The van der Waals surface area contributed by atoms with Crippen molar-refractivity contribution in [3.63, 3.8) is 0 Å². The van der Waals surface area contributed by atoms with Crippen LogP contribution < -0.4 is 5.32 Å². The molecule has 202 valence electrons. The van der Waals surface area contributed by atoms with Crippen molar-refractivity contribution in [1.29, 1.82) is 0 Å². The molecular formula is C31H30Cl2N2O4. The molecule has 0 radical (unpaired) electrons. The Balaban J connectivity index is 1.35. The van der Waals surface area contributed by atoms with Crippen LogP contribution in [-0.2, 0) is 27.2 Å². The number of aryl methyl sites for hydroxylation is 1. The molecule has 8 heteroatoms. The summed E-state index contributed by atoms with van der Waals surface area (Å²) in [6.07, 6.45) is 4.36. The lowest BCUT2D eigenvalue weighted by atomic mass is 9.96. The maximum absolute atomic E-state index is 12.8. The minimum Gasteiger partial charge on any atom is -0.467 e. The van der Waals surface area contributed by atoms with Crippen molar-refractivity contribution in [2.75, 3.05) is 20.2 Å². The molecule has 1 aliphatic heterocycles. The van der Waals surface area contributed by atoms with E-state index in [1.54, 1.807) is 18.2 Å². The third-order valence-corrected chi connectivity index (χ3v) is 7.41. The molecule has 0 spiro atoms. The highest BCUT2D eigenvalue weighted by molar-refractivity contribution is 6.39. The lowest BCUT2D eigenvalue weighted by Crippen LogP contribution is -2.43. The molecule has 0 fully saturated rings. The summed E-state index contributed by atoms with van der Waals surface area (Å²) in [5, 5.41) is 3.10. The van der Waals surface area contributed by atoms with E-state index in [2.05, 4.69) is 11.4 Å². The Morgan fingerprint density at radius 2 is 1.62 bits per heavy atom. The van der Waals surface area contributed by atoms with Gasteiger partial charge in [0, 0.05) is 25.9 Å². The molecule has 0 saturated carbocycles. The maximum atomic E-state index is 12.8. The minimum absolute atomic E-state index is 0.113. The molecule has 39 heavy (non-hydrogen) atoms. The first-order valence-corrected chi connectivity index (χ1v) is 13.5. The van der Waals surface area contributed by atoms with Crippen LogP contribution in [0.5, 0.6) is 0 Å².